The molecule has 2 fully saturated rings. The summed E-state index contributed by atoms with van der Waals surface area (Å²) in [5.41, 5.74) is 1.04. The van der Waals surface area contributed by atoms with Gasteiger partial charge in [-0.2, -0.15) is 0 Å². The van der Waals surface area contributed by atoms with Crippen LogP contribution in [0.5, 0.6) is 5.75 Å². The molecule has 7 nitrogen and oxygen atoms in total. The maximum atomic E-state index is 12.7. The van der Waals surface area contributed by atoms with Crippen LogP contribution in [-0.2, 0) is 16.1 Å². The van der Waals surface area contributed by atoms with Gasteiger partial charge in [0.2, 0.25) is 11.8 Å². The number of benzene rings is 1. The van der Waals surface area contributed by atoms with E-state index < -0.39 is 0 Å². The number of fused-ring (bicyclic) bond motifs is 1. The lowest BCUT2D eigenvalue weighted by Gasteiger charge is -2.34. The normalized spacial score (nSPS) is 25.4. The Morgan fingerprint density at radius 2 is 2.03 bits per heavy atom. The van der Waals surface area contributed by atoms with Crippen molar-refractivity contribution in [3.05, 3.63) is 29.8 Å². The van der Waals surface area contributed by atoms with Crippen molar-refractivity contribution in [3.63, 3.8) is 0 Å². The number of likely N-dealkylation sites (N-methyl/N-ethyl adjacent to an activating group) is 1. The van der Waals surface area contributed by atoms with Gasteiger partial charge < -0.3 is 15.4 Å². The molecule has 1 aromatic carbocycles. The van der Waals surface area contributed by atoms with Crippen molar-refractivity contribution in [2.75, 3.05) is 27.2 Å². The SMILES string of the molecule is COc1ccc(CNC(=O)CC[C@H]2CNC(=O)[C@@H]3[C@@H](CCN3C(C)C)N2C)cc1. The highest BCUT2D eigenvalue weighted by molar-refractivity contribution is 5.83. The number of nitrogens with one attached hydrogen (secondary N) is 2. The molecule has 2 amide bonds. The van der Waals surface area contributed by atoms with Gasteiger partial charge in [-0.05, 0) is 51.4 Å². The number of amides is 2. The van der Waals surface area contributed by atoms with Crippen LogP contribution in [0.4, 0.5) is 0 Å². The van der Waals surface area contributed by atoms with Crippen LogP contribution in [0.2, 0.25) is 0 Å². The number of methoxy groups -OCH3 is 1. The fraction of sp³-hybridized carbons (Fsp3) is 0.636. The standard InChI is InChI=1S/C22H34N4O3/c1-15(2)26-12-11-19-21(26)22(28)24-14-17(25(19)3)7-10-20(27)23-13-16-5-8-18(29-4)9-6-16/h5-6,8-9,15,17,19,21H,7,10-14H2,1-4H3,(H,23,27)(H,24,28)/t17-,19+,21-/m0/s1. The lowest BCUT2D eigenvalue weighted by Crippen LogP contribution is -2.51. The van der Waals surface area contributed by atoms with E-state index in [9.17, 15) is 9.59 Å². The summed E-state index contributed by atoms with van der Waals surface area (Å²) in [6, 6.07) is 8.34. The van der Waals surface area contributed by atoms with Crippen molar-refractivity contribution in [2.45, 2.75) is 63.8 Å². The summed E-state index contributed by atoms with van der Waals surface area (Å²) in [6.45, 7) is 6.34. The Balaban J connectivity index is 1.51. The molecule has 0 saturated carbocycles. The van der Waals surface area contributed by atoms with E-state index >= 15 is 0 Å². The lowest BCUT2D eigenvalue weighted by molar-refractivity contribution is -0.126. The Morgan fingerprint density at radius 3 is 2.69 bits per heavy atom. The molecule has 2 saturated heterocycles. The molecule has 7 heteroatoms. The van der Waals surface area contributed by atoms with Gasteiger partial charge in [-0.3, -0.25) is 19.4 Å². The van der Waals surface area contributed by atoms with Crippen molar-refractivity contribution in [2.24, 2.45) is 0 Å². The third-order valence-electron chi connectivity index (χ3n) is 6.30. The summed E-state index contributed by atoms with van der Waals surface area (Å²) in [5, 5.41) is 6.10. The molecule has 0 bridgehead atoms. The Kier molecular flexibility index (Phi) is 7.14. The first-order valence-electron chi connectivity index (χ1n) is 10.6. The van der Waals surface area contributed by atoms with Gasteiger partial charge in [-0.15, -0.1) is 0 Å². The predicted octanol–water partition coefficient (Wildman–Crippen LogP) is 1.37. The third kappa shape index (κ3) is 5.08. The maximum absolute atomic E-state index is 12.7. The molecule has 2 aliphatic rings. The number of likely N-dealkylation sites (tertiary alicyclic amines) is 1. The highest BCUT2D eigenvalue weighted by Crippen LogP contribution is 2.28. The Labute approximate surface area is 173 Å². The largest absolute Gasteiger partial charge is 0.497 e. The van der Waals surface area contributed by atoms with Crippen LogP contribution in [0.15, 0.2) is 24.3 Å². The van der Waals surface area contributed by atoms with Gasteiger partial charge in [0.15, 0.2) is 0 Å². The summed E-state index contributed by atoms with van der Waals surface area (Å²) in [7, 11) is 3.74. The quantitative estimate of drug-likeness (QED) is 0.721. The second-order valence-electron chi connectivity index (χ2n) is 8.36. The van der Waals surface area contributed by atoms with E-state index in [1.54, 1.807) is 7.11 Å². The molecule has 29 heavy (non-hydrogen) atoms. The summed E-state index contributed by atoms with van der Waals surface area (Å²) in [6.07, 6.45) is 2.18. The van der Waals surface area contributed by atoms with Crippen molar-refractivity contribution >= 4 is 11.8 Å². The number of rotatable bonds is 7. The highest BCUT2D eigenvalue weighted by atomic mass is 16.5. The molecule has 160 valence electrons. The van der Waals surface area contributed by atoms with Gasteiger partial charge in [-0.25, -0.2) is 0 Å². The van der Waals surface area contributed by atoms with E-state index in [0.717, 1.165) is 30.7 Å². The molecular weight excluding hydrogens is 368 g/mol. The first-order chi connectivity index (χ1) is 13.9. The van der Waals surface area contributed by atoms with Gasteiger partial charge in [0.1, 0.15) is 11.8 Å². The summed E-state index contributed by atoms with van der Waals surface area (Å²) in [5.74, 6) is 0.968. The van der Waals surface area contributed by atoms with Crippen molar-refractivity contribution in [1.82, 2.24) is 20.4 Å². The molecule has 2 heterocycles. The molecule has 0 spiro atoms. The highest BCUT2D eigenvalue weighted by Gasteiger charge is 2.45. The van der Waals surface area contributed by atoms with Crippen LogP contribution in [0, 0.1) is 0 Å². The number of carbonyl (C=O) groups is 2. The molecule has 3 rings (SSSR count). The molecule has 2 aliphatic heterocycles. The molecule has 3 atom stereocenters. The van der Waals surface area contributed by atoms with E-state index in [2.05, 4.69) is 41.3 Å². The van der Waals surface area contributed by atoms with E-state index in [-0.39, 0.29) is 29.9 Å². The molecule has 0 aliphatic carbocycles. The fourth-order valence-corrected chi connectivity index (χ4v) is 4.50. The minimum atomic E-state index is -0.0890. The molecule has 0 aromatic heterocycles. The zero-order valence-corrected chi connectivity index (χ0v) is 18.0. The number of ether oxygens (including phenoxy) is 1. The van der Waals surface area contributed by atoms with Crippen molar-refractivity contribution in [1.29, 1.82) is 0 Å². The number of hydrogen-bond acceptors (Lipinski definition) is 5. The minimum Gasteiger partial charge on any atom is -0.497 e. The van der Waals surface area contributed by atoms with Crippen LogP contribution in [-0.4, -0.2) is 73.0 Å². The van der Waals surface area contributed by atoms with Crippen LogP contribution < -0.4 is 15.4 Å². The summed E-state index contributed by atoms with van der Waals surface area (Å²) >= 11 is 0. The van der Waals surface area contributed by atoms with Crippen LogP contribution in [0.25, 0.3) is 0 Å². The fourth-order valence-electron chi connectivity index (χ4n) is 4.50. The van der Waals surface area contributed by atoms with E-state index in [4.69, 9.17) is 4.74 Å². The minimum absolute atomic E-state index is 0.0385. The zero-order chi connectivity index (χ0) is 21.0. The Morgan fingerprint density at radius 1 is 1.31 bits per heavy atom. The average Bonchev–Trinajstić information content (AvgIpc) is 3.13. The van der Waals surface area contributed by atoms with Gasteiger partial charge in [-0.1, -0.05) is 12.1 Å². The average molecular weight is 403 g/mol. The van der Waals surface area contributed by atoms with E-state index in [1.807, 2.05) is 24.3 Å². The lowest BCUT2D eigenvalue weighted by atomic mass is 10.0. The second kappa shape index (κ2) is 9.59. The zero-order valence-electron chi connectivity index (χ0n) is 18.0. The first kappa shape index (κ1) is 21.6. The smallest absolute Gasteiger partial charge is 0.239 e. The number of nitrogens with zero attached hydrogens (tertiary/aromatic N) is 2. The van der Waals surface area contributed by atoms with Gasteiger partial charge in [0, 0.05) is 44.2 Å². The third-order valence-corrected chi connectivity index (χ3v) is 6.30. The monoisotopic (exact) mass is 402 g/mol. The summed E-state index contributed by atoms with van der Waals surface area (Å²) < 4.78 is 5.15. The molecule has 0 radical (unpaired) electrons. The van der Waals surface area contributed by atoms with Crippen molar-refractivity contribution < 1.29 is 14.3 Å². The van der Waals surface area contributed by atoms with Gasteiger partial charge in [0.05, 0.1) is 7.11 Å². The van der Waals surface area contributed by atoms with Crippen molar-refractivity contribution in [3.8, 4) is 5.75 Å². The Hall–Kier alpha value is -2.12. The summed E-state index contributed by atoms with van der Waals surface area (Å²) in [4.78, 5) is 29.6. The number of hydrogen-bond donors (Lipinski definition) is 2. The van der Waals surface area contributed by atoms with E-state index in [0.29, 0.717) is 25.6 Å². The second-order valence-corrected chi connectivity index (χ2v) is 8.36. The van der Waals surface area contributed by atoms with Crippen LogP contribution >= 0.6 is 0 Å². The molecule has 0 unspecified atom stereocenters. The number of carbonyl (C=O) groups excluding carboxylic acids is 2. The molecule has 1 aromatic rings. The van der Waals surface area contributed by atoms with Crippen LogP contribution in [0.3, 0.4) is 0 Å². The van der Waals surface area contributed by atoms with Gasteiger partial charge >= 0.3 is 0 Å². The Bertz CT molecular complexity index is 707. The van der Waals surface area contributed by atoms with Gasteiger partial charge in [0.25, 0.3) is 0 Å². The van der Waals surface area contributed by atoms with Crippen LogP contribution in [0.1, 0.15) is 38.7 Å². The first-order valence-corrected chi connectivity index (χ1v) is 10.6. The maximum Gasteiger partial charge on any atom is 0.239 e. The molecule has 2 N–H and O–H groups in total. The van der Waals surface area contributed by atoms with E-state index in [1.165, 1.54) is 0 Å². The molecular formula is C22H34N4O3. The topological polar surface area (TPSA) is 73.9 Å². The predicted molar refractivity (Wildman–Crippen MR) is 113 cm³/mol.